The first kappa shape index (κ1) is 19.2. The Balaban J connectivity index is 1.74. The predicted octanol–water partition coefficient (Wildman–Crippen LogP) is 5.27. The SMILES string of the molecule is COc1cc(-c2noc(CNc3cccc(Cl)c3Cl)n2)ccc1OC(F)F. The second-order valence-electron chi connectivity index (χ2n) is 5.21. The second kappa shape index (κ2) is 8.41. The minimum atomic E-state index is -2.95. The lowest BCUT2D eigenvalue weighted by Gasteiger charge is -2.10. The molecule has 0 spiro atoms. The first-order chi connectivity index (χ1) is 13.0. The van der Waals surface area contributed by atoms with Crippen LogP contribution in [0.4, 0.5) is 14.5 Å². The topological polar surface area (TPSA) is 69.4 Å². The second-order valence-corrected chi connectivity index (χ2v) is 6.00. The summed E-state index contributed by atoms with van der Waals surface area (Å²) >= 11 is 12.1. The Morgan fingerprint density at radius 1 is 1.19 bits per heavy atom. The molecule has 1 heterocycles. The van der Waals surface area contributed by atoms with Crippen molar-refractivity contribution in [1.82, 2.24) is 10.1 Å². The van der Waals surface area contributed by atoms with Crippen LogP contribution in [0.1, 0.15) is 5.89 Å². The summed E-state index contributed by atoms with van der Waals surface area (Å²) in [5.74, 6) is 0.610. The summed E-state index contributed by atoms with van der Waals surface area (Å²) in [5.41, 5.74) is 1.14. The summed E-state index contributed by atoms with van der Waals surface area (Å²) < 4.78 is 39.4. The van der Waals surface area contributed by atoms with Crippen LogP contribution < -0.4 is 14.8 Å². The van der Waals surface area contributed by atoms with E-state index in [0.717, 1.165) is 0 Å². The van der Waals surface area contributed by atoms with Crippen molar-refractivity contribution in [3.8, 4) is 22.9 Å². The fraction of sp³-hybridized carbons (Fsp3) is 0.176. The minimum Gasteiger partial charge on any atom is -0.493 e. The number of hydrogen-bond acceptors (Lipinski definition) is 6. The van der Waals surface area contributed by atoms with Gasteiger partial charge in [-0.25, -0.2) is 0 Å². The maximum absolute atomic E-state index is 12.4. The number of halogens is 4. The molecule has 0 saturated heterocycles. The van der Waals surface area contributed by atoms with Crippen molar-refractivity contribution in [3.05, 3.63) is 52.3 Å². The maximum atomic E-state index is 12.4. The van der Waals surface area contributed by atoms with E-state index in [9.17, 15) is 8.78 Å². The van der Waals surface area contributed by atoms with Gasteiger partial charge in [-0.15, -0.1) is 0 Å². The normalized spacial score (nSPS) is 10.9. The molecule has 0 aliphatic heterocycles. The highest BCUT2D eigenvalue weighted by atomic mass is 35.5. The van der Waals surface area contributed by atoms with Gasteiger partial charge in [-0.05, 0) is 30.3 Å². The van der Waals surface area contributed by atoms with E-state index in [4.69, 9.17) is 32.5 Å². The van der Waals surface area contributed by atoms with Crippen LogP contribution in [0.25, 0.3) is 11.4 Å². The first-order valence-electron chi connectivity index (χ1n) is 7.61. The molecule has 0 saturated carbocycles. The van der Waals surface area contributed by atoms with Crippen molar-refractivity contribution in [3.63, 3.8) is 0 Å². The molecule has 0 bridgehead atoms. The number of hydrogen-bond donors (Lipinski definition) is 1. The third-order valence-corrected chi connectivity index (χ3v) is 4.31. The van der Waals surface area contributed by atoms with Crippen molar-refractivity contribution in [1.29, 1.82) is 0 Å². The van der Waals surface area contributed by atoms with E-state index in [2.05, 4.69) is 20.2 Å². The van der Waals surface area contributed by atoms with Crippen LogP contribution in [-0.2, 0) is 6.54 Å². The van der Waals surface area contributed by atoms with Gasteiger partial charge in [-0.1, -0.05) is 34.4 Å². The number of alkyl halides is 2. The van der Waals surface area contributed by atoms with Crippen LogP contribution in [0.2, 0.25) is 10.0 Å². The van der Waals surface area contributed by atoms with Gasteiger partial charge in [0.05, 0.1) is 29.4 Å². The Morgan fingerprint density at radius 3 is 2.74 bits per heavy atom. The molecule has 0 fully saturated rings. The molecule has 0 aliphatic carbocycles. The van der Waals surface area contributed by atoms with Crippen molar-refractivity contribution in [2.24, 2.45) is 0 Å². The molecule has 0 amide bonds. The molecule has 142 valence electrons. The Morgan fingerprint density at radius 2 is 2.00 bits per heavy atom. The summed E-state index contributed by atoms with van der Waals surface area (Å²) in [6.07, 6.45) is 0. The van der Waals surface area contributed by atoms with Gasteiger partial charge in [-0.3, -0.25) is 0 Å². The number of benzene rings is 2. The van der Waals surface area contributed by atoms with Crippen molar-refractivity contribution < 1.29 is 22.8 Å². The molecule has 0 radical (unpaired) electrons. The standard InChI is InChI=1S/C17H13Cl2F2N3O3/c1-25-13-7-9(5-6-12(13)26-17(20)21)16-23-14(27-24-16)8-22-11-4-2-3-10(18)15(11)19/h2-7,17,22H,8H2,1H3. The van der Waals surface area contributed by atoms with Crippen LogP contribution in [0.15, 0.2) is 40.9 Å². The molecule has 0 atom stereocenters. The number of rotatable bonds is 7. The van der Waals surface area contributed by atoms with E-state index >= 15 is 0 Å². The van der Waals surface area contributed by atoms with E-state index in [1.807, 2.05) is 0 Å². The van der Waals surface area contributed by atoms with E-state index < -0.39 is 6.61 Å². The van der Waals surface area contributed by atoms with E-state index in [1.54, 1.807) is 18.2 Å². The number of nitrogens with zero attached hydrogens (tertiary/aromatic N) is 2. The zero-order valence-electron chi connectivity index (χ0n) is 13.9. The highest BCUT2D eigenvalue weighted by Gasteiger charge is 2.15. The number of aromatic nitrogens is 2. The molecule has 0 aliphatic rings. The molecule has 2 aromatic carbocycles. The molecular weight excluding hydrogens is 403 g/mol. The lowest BCUT2D eigenvalue weighted by atomic mass is 10.2. The summed E-state index contributed by atoms with van der Waals surface area (Å²) in [7, 11) is 1.34. The van der Waals surface area contributed by atoms with Crippen molar-refractivity contribution in [2.45, 2.75) is 13.2 Å². The first-order valence-corrected chi connectivity index (χ1v) is 8.37. The van der Waals surface area contributed by atoms with Gasteiger partial charge in [0.25, 0.3) is 0 Å². The van der Waals surface area contributed by atoms with Gasteiger partial charge in [0.15, 0.2) is 11.5 Å². The highest BCUT2D eigenvalue weighted by Crippen LogP contribution is 2.33. The number of ether oxygens (including phenoxy) is 2. The molecule has 1 aromatic heterocycles. The van der Waals surface area contributed by atoms with Gasteiger partial charge in [0.2, 0.25) is 11.7 Å². The molecule has 27 heavy (non-hydrogen) atoms. The maximum Gasteiger partial charge on any atom is 0.387 e. The Kier molecular flexibility index (Phi) is 5.98. The Labute approximate surface area is 163 Å². The summed E-state index contributed by atoms with van der Waals surface area (Å²) in [4.78, 5) is 4.25. The van der Waals surface area contributed by atoms with E-state index in [0.29, 0.717) is 27.2 Å². The molecule has 3 rings (SSSR count). The zero-order valence-corrected chi connectivity index (χ0v) is 15.4. The lowest BCUT2D eigenvalue weighted by Crippen LogP contribution is -2.03. The number of nitrogens with one attached hydrogen (secondary N) is 1. The Hall–Kier alpha value is -2.58. The molecular formula is C17H13Cl2F2N3O3. The van der Waals surface area contributed by atoms with Crippen LogP contribution in [0, 0.1) is 0 Å². The largest absolute Gasteiger partial charge is 0.493 e. The Bertz CT molecular complexity index is 938. The summed E-state index contributed by atoms with van der Waals surface area (Å²) in [5, 5.41) is 7.73. The van der Waals surface area contributed by atoms with Crippen molar-refractivity contribution >= 4 is 28.9 Å². The fourth-order valence-electron chi connectivity index (χ4n) is 2.26. The number of anilines is 1. The van der Waals surface area contributed by atoms with Gasteiger partial charge in [0, 0.05) is 5.56 Å². The smallest absolute Gasteiger partial charge is 0.387 e. The molecule has 6 nitrogen and oxygen atoms in total. The van der Waals surface area contributed by atoms with Gasteiger partial charge in [-0.2, -0.15) is 13.8 Å². The third kappa shape index (κ3) is 4.58. The van der Waals surface area contributed by atoms with Crippen molar-refractivity contribution in [2.75, 3.05) is 12.4 Å². The molecule has 10 heteroatoms. The molecule has 0 unspecified atom stereocenters. The van der Waals surface area contributed by atoms with Crippen LogP contribution in [0.5, 0.6) is 11.5 Å². The highest BCUT2D eigenvalue weighted by molar-refractivity contribution is 6.43. The average Bonchev–Trinajstić information content (AvgIpc) is 3.12. The quantitative estimate of drug-likeness (QED) is 0.566. The lowest BCUT2D eigenvalue weighted by molar-refractivity contribution is -0.0512. The van der Waals surface area contributed by atoms with E-state index in [-0.39, 0.29) is 23.9 Å². The van der Waals surface area contributed by atoms with Gasteiger partial charge < -0.3 is 19.3 Å². The average molecular weight is 416 g/mol. The molecule has 1 N–H and O–H groups in total. The van der Waals surface area contributed by atoms with Crippen LogP contribution in [-0.4, -0.2) is 23.9 Å². The minimum absolute atomic E-state index is 0.0859. The molecule has 3 aromatic rings. The fourth-order valence-corrected chi connectivity index (χ4v) is 2.62. The third-order valence-electron chi connectivity index (χ3n) is 3.49. The number of methoxy groups -OCH3 is 1. The van der Waals surface area contributed by atoms with Gasteiger partial charge in [0.1, 0.15) is 0 Å². The predicted molar refractivity (Wildman–Crippen MR) is 96.7 cm³/mol. The monoisotopic (exact) mass is 415 g/mol. The van der Waals surface area contributed by atoms with E-state index in [1.165, 1.54) is 25.3 Å². The van der Waals surface area contributed by atoms with Crippen LogP contribution in [0.3, 0.4) is 0 Å². The van der Waals surface area contributed by atoms with Crippen LogP contribution >= 0.6 is 23.2 Å². The zero-order chi connectivity index (χ0) is 19.4. The summed E-state index contributed by atoms with van der Waals surface area (Å²) in [6, 6.07) is 9.54. The summed E-state index contributed by atoms with van der Waals surface area (Å²) in [6.45, 7) is -2.73. The van der Waals surface area contributed by atoms with Gasteiger partial charge >= 0.3 is 6.61 Å².